The van der Waals surface area contributed by atoms with Crippen molar-refractivity contribution < 1.29 is 28.2 Å². The highest BCUT2D eigenvalue weighted by atomic mass is 32.1. The number of carbonyl (C=O) groups is 3. The van der Waals surface area contributed by atoms with Crippen molar-refractivity contribution in [3.05, 3.63) is 81.8 Å². The zero-order valence-corrected chi connectivity index (χ0v) is 18.9. The molecule has 0 spiro atoms. The number of benzene rings is 2. The van der Waals surface area contributed by atoms with Gasteiger partial charge in [-0.2, -0.15) is 0 Å². The molecule has 2 aromatic carbocycles. The summed E-state index contributed by atoms with van der Waals surface area (Å²) in [6, 6.07) is 13.3. The van der Waals surface area contributed by atoms with Gasteiger partial charge in [0.25, 0.3) is 5.91 Å². The maximum absolute atomic E-state index is 13.4. The summed E-state index contributed by atoms with van der Waals surface area (Å²) >= 11 is 1.43. The minimum Gasteiger partial charge on any atom is -0.454 e. The first-order valence-corrected chi connectivity index (χ1v) is 11.4. The van der Waals surface area contributed by atoms with Gasteiger partial charge in [-0.1, -0.05) is 24.3 Å². The highest BCUT2D eigenvalue weighted by molar-refractivity contribution is 7.10. The quantitative estimate of drug-likeness (QED) is 0.527. The summed E-state index contributed by atoms with van der Waals surface area (Å²) in [5.74, 6) is -0.430. The lowest BCUT2D eigenvalue weighted by Crippen LogP contribution is -2.44. The number of nitrogens with one attached hydrogen (secondary N) is 2. The number of hydrogen-bond donors (Lipinski definition) is 2. The Hall–Kier alpha value is -3.92. The molecule has 10 heteroatoms. The first-order chi connectivity index (χ1) is 16.3. The average Bonchev–Trinajstić information content (AvgIpc) is 3.56. The Kier molecular flexibility index (Phi) is 5.45. The number of imide groups is 1. The van der Waals surface area contributed by atoms with Gasteiger partial charge in [-0.25, -0.2) is 9.18 Å². The van der Waals surface area contributed by atoms with Crippen LogP contribution in [0.15, 0.2) is 60.0 Å². The number of urea groups is 1. The molecule has 0 aliphatic carbocycles. The number of halogens is 1. The van der Waals surface area contributed by atoms with Crippen molar-refractivity contribution in [2.24, 2.45) is 0 Å². The highest BCUT2D eigenvalue weighted by Crippen LogP contribution is 2.38. The monoisotopic (exact) mass is 481 g/mol. The van der Waals surface area contributed by atoms with Crippen LogP contribution < -0.4 is 20.1 Å². The van der Waals surface area contributed by atoms with Crippen LogP contribution in [-0.4, -0.2) is 36.1 Å². The average molecular weight is 482 g/mol. The number of hydrogen-bond acceptors (Lipinski definition) is 6. The van der Waals surface area contributed by atoms with Crippen LogP contribution in [0.25, 0.3) is 0 Å². The Bertz CT molecular complexity index is 1260. The van der Waals surface area contributed by atoms with Gasteiger partial charge >= 0.3 is 6.03 Å². The van der Waals surface area contributed by atoms with E-state index in [1.807, 2.05) is 17.5 Å². The zero-order valence-electron chi connectivity index (χ0n) is 18.0. The van der Waals surface area contributed by atoms with E-state index in [4.69, 9.17) is 9.47 Å². The summed E-state index contributed by atoms with van der Waals surface area (Å²) < 4.78 is 24.1. The lowest BCUT2D eigenvalue weighted by atomic mass is 9.91. The summed E-state index contributed by atoms with van der Waals surface area (Å²) in [6.07, 6.45) is 0. The van der Waals surface area contributed by atoms with Crippen LogP contribution in [-0.2, 0) is 15.1 Å². The van der Waals surface area contributed by atoms with Gasteiger partial charge in [0.2, 0.25) is 12.7 Å². The SMILES string of the molecule is CC1(c2ccc3c(c2)OCO3)NC(=O)N(CC(=O)NC(c2ccc(F)cc2)c2cccs2)C1=O. The Balaban J connectivity index is 1.34. The molecule has 5 rings (SSSR count). The first kappa shape index (κ1) is 21.9. The second kappa shape index (κ2) is 8.45. The van der Waals surface area contributed by atoms with Crippen molar-refractivity contribution in [1.29, 1.82) is 0 Å². The van der Waals surface area contributed by atoms with Gasteiger partial charge in [0, 0.05) is 4.88 Å². The molecule has 8 nitrogen and oxygen atoms in total. The van der Waals surface area contributed by atoms with E-state index in [-0.39, 0.29) is 12.6 Å². The number of amides is 4. The molecule has 2 aliphatic heterocycles. The highest BCUT2D eigenvalue weighted by Gasteiger charge is 2.50. The third kappa shape index (κ3) is 3.86. The molecule has 34 heavy (non-hydrogen) atoms. The molecular weight excluding hydrogens is 461 g/mol. The second-order valence-corrected chi connectivity index (χ2v) is 9.06. The van der Waals surface area contributed by atoms with Crippen molar-refractivity contribution in [3.8, 4) is 11.5 Å². The van der Waals surface area contributed by atoms with E-state index in [1.165, 1.54) is 23.5 Å². The van der Waals surface area contributed by atoms with E-state index in [1.54, 1.807) is 37.3 Å². The van der Waals surface area contributed by atoms with Crippen LogP contribution in [0.3, 0.4) is 0 Å². The number of thiophene rings is 1. The number of rotatable bonds is 6. The predicted molar refractivity (Wildman–Crippen MR) is 121 cm³/mol. The molecular formula is C24H20FN3O5S. The Morgan fingerprint density at radius 2 is 1.94 bits per heavy atom. The largest absolute Gasteiger partial charge is 0.454 e. The molecule has 2 unspecified atom stereocenters. The normalized spacial score (nSPS) is 19.8. The number of ether oxygens (including phenoxy) is 2. The van der Waals surface area contributed by atoms with Gasteiger partial charge in [-0.3, -0.25) is 14.5 Å². The van der Waals surface area contributed by atoms with Crippen molar-refractivity contribution >= 4 is 29.2 Å². The van der Waals surface area contributed by atoms with Crippen molar-refractivity contribution in [2.45, 2.75) is 18.5 Å². The van der Waals surface area contributed by atoms with E-state index in [2.05, 4.69) is 10.6 Å². The summed E-state index contributed by atoms with van der Waals surface area (Å²) in [6.45, 7) is 1.20. The summed E-state index contributed by atoms with van der Waals surface area (Å²) in [7, 11) is 0. The molecule has 1 saturated heterocycles. The van der Waals surface area contributed by atoms with E-state index in [9.17, 15) is 18.8 Å². The van der Waals surface area contributed by atoms with Crippen molar-refractivity contribution in [3.63, 3.8) is 0 Å². The third-order valence-electron chi connectivity index (χ3n) is 5.86. The van der Waals surface area contributed by atoms with Crippen LogP contribution in [0.5, 0.6) is 11.5 Å². The molecule has 2 atom stereocenters. The number of carbonyl (C=O) groups excluding carboxylic acids is 3. The smallest absolute Gasteiger partial charge is 0.325 e. The van der Waals surface area contributed by atoms with Gasteiger partial charge in [0.1, 0.15) is 17.9 Å². The topological polar surface area (TPSA) is 97.0 Å². The van der Waals surface area contributed by atoms with E-state index < -0.39 is 36.0 Å². The molecule has 0 radical (unpaired) electrons. The van der Waals surface area contributed by atoms with Crippen LogP contribution >= 0.6 is 11.3 Å². The van der Waals surface area contributed by atoms with Gasteiger partial charge in [-0.05, 0) is 53.8 Å². The standard InChI is InChI=1S/C24H20FN3O5S/c1-24(15-6-9-17-18(11-15)33-13-32-17)22(30)28(23(31)27-24)12-20(29)26-21(19-3-2-10-34-19)14-4-7-16(25)8-5-14/h2-11,21H,12-13H2,1H3,(H,26,29)(H,27,31). The van der Waals surface area contributed by atoms with Crippen molar-refractivity contribution in [1.82, 2.24) is 15.5 Å². The summed E-state index contributed by atoms with van der Waals surface area (Å²) in [4.78, 5) is 40.6. The number of fused-ring (bicyclic) bond motifs is 1. The summed E-state index contributed by atoms with van der Waals surface area (Å²) in [5, 5.41) is 7.41. The van der Waals surface area contributed by atoms with Crippen LogP contribution in [0.2, 0.25) is 0 Å². The fraction of sp³-hybridized carbons (Fsp3) is 0.208. The minimum atomic E-state index is -1.36. The molecule has 3 aromatic rings. The maximum Gasteiger partial charge on any atom is 0.325 e. The summed E-state index contributed by atoms with van der Waals surface area (Å²) in [5.41, 5.74) is -0.164. The zero-order chi connectivity index (χ0) is 23.9. The maximum atomic E-state index is 13.4. The Morgan fingerprint density at radius 3 is 2.68 bits per heavy atom. The third-order valence-corrected chi connectivity index (χ3v) is 6.80. The van der Waals surface area contributed by atoms with Gasteiger partial charge in [-0.15, -0.1) is 11.3 Å². The van der Waals surface area contributed by atoms with Gasteiger partial charge in [0.15, 0.2) is 11.5 Å². The second-order valence-electron chi connectivity index (χ2n) is 8.08. The molecule has 1 aromatic heterocycles. The molecule has 1 fully saturated rings. The Labute approximate surface area is 198 Å². The van der Waals surface area contributed by atoms with Crippen LogP contribution in [0.1, 0.15) is 29.0 Å². The first-order valence-electron chi connectivity index (χ1n) is 10.5. The fourth-order valence-electron chi connectivity index (χ4n) is 4.02. The van der Waals surface area contributed by atoms with Gasteiger partial charge < -0.3 is 20.1 Å². The Morgan fingerprint density at radius 1 is 1.18 bits per heavy atom. The molecule has 2 aliphatic rings. The molecule has 0 saturated carbocycles. The molecule has 0 bridgehead atoms. The van der Waals surface area contributed by atoms with Gasteiger partial charge in [0.05, 0.1) is 6.04 Å². The predicted octanol–water partition coefficient (Wildman–Crippen LogP) is 3.29. The lowest BCUT2D eigenvalue weighted by molar-refractivity contribution is -0.135. The lowest BCUT2D eigenvalue weighted by Gasteiger charge is -2.23. The fourth-order valence-corrected chi connectivity index (χ4v) is 4.83. The van der Waals surface area contributed by atoms with Crippen LogP contribution in [0, 0.1) is 5.82 Å². The van der Waals surface area contributed by atoms with E-state index in [0.29, 0.717) is 22.6 Å². The van der Waals surface area contributed by atoms with Crippen molar-refractivity contribution in [2.75, 3.05) is 13.3 Å². The van der Waals surface area contributed by atoms with E-state index in [0.717, 1.165) is 9.78 Å². The molecule has 4 amide bonds. The molecule has 3 heterocycles. The van der Waals surface area contributed by atoms with E-state index >= 15 is 0 Å². The minimum absolute atomic E-state index is 0.0849. The number of nitrogens with zero attached hydrogens (tertiary/aromatic N) is 1. The van der Waals surface area contributed by atoms with Crippen LogP contribution in [0.4, 0.5) is 9.18 Å². The molecule has 2 N–H and O–H groups in total. The molecule has 174 valence electrons.